The maximum Gasteiger partial charge on any atom is 0.331 e. The van der Waals surface area contributed by atoms with Crippen LogP contribution in [0.5, 0.6) is 0 Å². The molecule has 1 aliphatic rings. The highest BCUT2D eigenvalue weighted by molar-refractivity contribution is 4.97. The normalized spacial score (nSPS) is 25.3. The predicted octanol–water partition coefficient (Wildman–Crippen LogP) is -0.670. The van der Waals surface area contributed by atoms with Crippen LogP contribution >= 0.6 is 0 Å². The number of ether oxygens (including phenoxy) is 1. The number of hydrogen-bond acceptors (Lipinski definition) is 4. The van der Waals surface area contributed by atoms with Crippen molar-refractivity contribution in [3.05, 3.63) is 45.4 Å². The summed E-state index contributed by atoms with van der Waals surface area (Å²) in [7, 11) is 0. The molecule has 2 heterocycles. The molecule has 6 heteroatoms. The van der Waals surface area contributed by atoms with Gasteiger partial charge in [-0.1, -0.05) is 6.58 Å². The Kier molecular flexibility index (Phi) is 2.20. The third-order valence-corrected chi connectivity index (χ3v) is 2.18. The quantitative estimate of drug-likeness (QED) is 0.643. The van der Waals surface area contributed by atoms with E-state index in [9.17, 15) is 14.7 Å². The second-order valence-corrected chi connectivity index (χ2v) is 3.34. The molecule has 0 bridgehead atoms. The Morgan fingerprint density at radius 3 is 2.87 bits per heavy atom. The zero-order valence-electron chi connectivity index (χ0n) is 7.84. The van der Waals surface area contributed by atoms with Crippen molar-refractivity contribution in [3.8, 4) is 0 Å². The first-order valence-electron chi connectivity index (χ1n) is 4.42. The van der Waals surface area contributed by atoms with Gasteiger partial charge in [-0.15, -0.1) is 0 Å². The van der Waals surface area contributed by atoms with Crippen molar-refractivity contribution in [3.63, 3.8) is 0 Å². The van der Waals surface area contributed by atoms with Crippen LogP contribution in [0.4, 0.5) is 0 Å². The molecule has 1 aromatic rings. The van der Waals surface area contributed by atoms with E-state index >= 15 is 0 Å². The number of nitrogens with zero attached hydrogens (tertiary/aromatic N) is 1. The molecule has 0 spiro atoms. The van der Waals surface area contributed by atoms with Crippen molar-refractivity contribution in [1.82, 2.24) is 9.55 Å². The zero-order valence-corrected chi connectivity index (χ0v) is 7.84. The molecule has 0 amide bonds. The lowest BCUT2D eigenvalue weighted by Crippen LogP contribution is -2.34. The largest absolute Gasteiger partial charge is 0.472 e. The molecular formula is C9H10N2O4. The lowest BCUT2D eigenvalue weighted by molar-refractivity contribution is 0.00551. The van der Waals surface area contributed by atoms with Gasteiger partial charge in [-0.05, 0) is 0 Å². The Morgan fingerprint density at radius 2 is 2.33 bits per heavy atom. The van der Waals surface area contributed by atoms with Crippen molar-refractivity contribution in [2.45, 2.75) is 18.8 Å². The van der Waals surface area contributed by atoms with Crippen molar-refractivity contribution in [1.29, 1.82) is 0 Å². The van der Waals surface area contributed by atoms with Gasteiger partial charge in [0.1, 0.15) is 6.10 Å². The van der Waals surface area contributed by atoms with Crippen LogP contribution in [-0.4, -0.2) is 20.8 Å². The highest BCUT2D eigenvalue weighted by Gasteiger charge is 2.31. The van der Waals surface area contributed by atoms with Crippen LogP contribution in [0.3, 0.4) is 0 Å². The van der Waals surface area contributed by atoms with Crippen LogP contribution < -0.4 is 11.2 Å². The fraction of sp³-hybridized carbons (Fsp3) is 0.333. The van der Waals surface area contributed by atoms with Crippen LogP contribution in [0.15, 0.2) is 34.2 Å². The van der Waals surface area contributed by atoms with Gasteiger partial charge in [0.15, 0.2) is 0 Å². The minimum Gasteiger partial charge on any atom is -0.472 e. The van der Waals surface area contributed by atoms with Crippen molar-refractivity contribution in [2.24, 2.45) is 0 Å². The maximum absolute atomic E-state index is 11.4. The first-order valence-corrected chi connectivity index (χ1v) is 4.42. The zero-order chi connectivity index (χ0) is 11.0. The molecular weight excluding hydrogens is 200 g/mol. The lowest BCUT2D eigenvalue weighted by Gasteiger charge is -2.15. The van der Waals surface area contributed by atoms with Crippen LogP contribution in [0, 0.1) is 0 Å². The summed E-state index contributed by atoms with van der Waals surface area (Å²) in [6, 6.07) is 1.19. The van der Waals surface area contributed by atoms with Gasteiger partial charge in [-0.3, -0.25) is 14.3 Å². The molecule has 1 fully saturated rings. The second-order valence-electron chi connectivity index (χ2n) is 3.34. The monoisotopic (exact) mass is 210 g/mol. The standard InChI is InChI=1S/C9H10N2O4/c1-5-4-6(12)8(15-5)11-3-2-7(13)10-9(11)14/h2-3,6,8,12H,1,4H2,(H,10,13,14)/t6?,8-/m1/s1. The molecule has 80 valence electrons. The van der Waals surface area contributed by atoms with Crippen molar-refractivity contribution >= 4 is 0 Å². The highest BCUT2D eigenvalue weighted by Crippen LogP contribution is 2.28. The van der Waals surface area contributed by atoms with Crippen LogP contribution in [0.1, 0.15) is 12.6 Å². The van der Waals surface area contributed by atoms with E-state index in [2.05, 4.69) is 11.6 Å². The van der Waals surface area contributed by atoms with Crippen molar-refractivity contribution < 1.29 is 9.84 Å². The van der Waals surface area contributed by atoms with Gasteiger partial charge >= 0.3 is 5.69 Å². The molecule has 0 saturated carbocycles. The van der Waals surface area contributed by atoms with Gasteiger partial charge in [-0.2, -0.15) is 0 Å². The van der Waals surface area contributed by atoms with Gasteiger partial charge in [0.05, 0.1) is 5.76 Å². The number of H-pyrrole nitrogens is 1. The minimum atomic E-state index is -0.818. The van der Waals surface area contributed by atoms with E-state index < -0.39 is 23.6 Å². The van der Waals surface area contributed by atoms with Gasteiger partial charge in [0.2, 0.25) is 6.23 Å². The first kappa shape index (κ1) is 9.72. The molecule has 0 aromatic carbocycles. The van der Waals surface area contributed by atoms with Crippen LogP contribution in [0.25, 0.3) is 0 Å². The topological polar surface area (TPSA) is 84.3 Å². The van der Waals surface area contributed by atoms with E-state index in [0.29, 0.717) is 5.76 Å². The van der Waals surface area contributed by atoms with Crippen molar-refractivity contribution in [2.75, 3.05) is 0 Å². The minimum absolute atomic E-state index is 0.288. The van der Waals surface area contributed by atoms with E-state index in [1.165, 1.54) is 12.3 Å². The van der Waals surface area contributed by atoms with Gasteiger partial charge in [0.25, 0.3) is 5.56 Å². The summed E-state index contributed by atoms with van der Waals surface area (Å²) < 4.78 is 6.31. The fourth-order valence-electron chi connectivity index (χ4n) is 1.50. The summed E-state index contributed by atoms with van der Waals surface area (Å²) >= 11 is 0. The number of aromatic nitrogens is 2. The van der Waals surface area contributed by atoms with Gasteiger partial charge in [0, 0.05) is 18.7 Å². The molecule has 1 aliphatic heterocycles. The third kappa shape index (κ3) is 1.71. The smallest absolute Gasteiger partial charge is 0.331 e. The lowest BCUT2D eigenvalue weighted by atomic mass is 10.2. The molecule has 0 radical (unpaired) electrons. The molecule has 15 heavy (non-hydrogen) atoms. The van der Waals surface area contributed by atoms with E-state index in [0.717, 1.165) is 4.57 Å². The summed E-state index contributed by atoms with van der Waals surface area (Å²) in [5.41, 5.74) is -1.09. The second kappa shape index (κ2) is 3.39. The number of nitrogens with one attached hydrogen (secondary N) is 1. The van der Waals surface area contributed by atoms with E-state index in [-0.39, 0.29) is 6.42 Å². The molecule has 1 aromatic heterocycles. The Labute approximate surface area is 84.4 Å². The van der Waals surface area contributed by atoms with E-state index in [1.54, 1.807) is 0 Å². The molecule has 1 unspecified atom stereocenters. The number of aliphatic hydroxyl groups excluding tert-OH is 1. The highest BCUT2D eigenvalue weighted by atomic mass is 16.5. The summed E-state index contributed by atoms with van der Waals surface area (Å²) in [5, 5.41) is 9.57. The summed E-state index contributed by atoms with van der Waals surface area (Å²) in [5.74, 6) is 0.422. The first-order chi connectivity index (χ1) is 7.08. The number of rotatable bonds is 1. The Bertz CT molecular complexity index is 501. The molecule has 2 rings (SSSR count). The number of aromatic amines is 1. The van der Waals surface area contributed by atoms with Gasteiger partial charge in [-0.25, -0.2) is 4.79 Å². The summed E-state index contributed by atoms with van der Waals surface area (Å²) in [4.78, 5) is 24.3. The maximum atomic E-state index is 11.4. The summed E-state index contributed by atoms with van der Waals surface area (Å²) in [6.07, 6.45) is -0.0490. The predicted molar refractivity (Wildman–Crippen MR) is 51.2 cm³/mol. The fourth-order valence-corrected chi connectivity index (χ4v) is 1.50. The Hall–Kier alpha value is -1.82. The molecule has 6 nitrogen and oxygen atoms in total. The Balaban J connectivity index is 2.42. The van der Waals surface area contributed by atoms with E-state index in [1.807, 2.05) is 0 Å². The average molecular weight is 210 g/mol. The van der Waals surface area contributed by atoms with Gasteiger partial charge < -0.3 is 9.84 Å². The molecule has 1 saturated heterocycles. The van der Waals surface area contributed by atoms with Crippen LogP contribution in [0.2, 0.25) is 0 Å². The molecule has 2 N–H and O–H groups in total. The Morgan fingerprint density at radius 1 is 1.60 bits per heavy atom. The SMILES string of the molecule is C=C1CC(O)[C@H](n2ccc(=O)[nH]c2=O)O1. The molecule has 0 aliphatic carbocycles. The number of hydrogen-bond donors (Lipinski definition) is 2. The number of aliphatic hydroxyl groups is 1. The average Bonchev–Trinajstić information content (AvgIpc) is 2.45. The molecule has 2 atom stereocenters. The van der Waals surface area contributed by atoms with E-state index in [4.69, 9.17) is 4.74 Å². The third-order valence-electron chi connectivity index (χ3n) is 2.18. The van der Waals surface area contributed by atoms with Crippen LogP contribution in [-0.2, 0) is 4.74 Å². The summed E-state index contributed by atoms with van der Waals surface area (Å²) in [6.45, 7) is 3.56.